The third kappa shape index (κ3) is 2.82. The third-order valence-corrected chi connectivity index (χ3v) is 10.7. The van der Waals surface area contributed by atoms with E-state index in [1.165, 1.54) is 24.8 Å². The highest BCUT2D eigenvalue weighted by atomic mass is 16.1. The molecule has 0 radical (unpaired) electrons. The molecule has 0 aromatic rings. The van der Waals surface area contributed by atoms with Gasteiger partial charge >= 0.3 is 0 Å². The van der Waals surface area contributed by atoms with Crippen LogP contribution in [0.5, 0.6) is 0 Å². The van der Waals surface area contributed by atoms with Crippen LogP contribution in [0.25, 0.3) is 0 Å². The molecule has 5 aliphatic rings. The number of hydrogen-bond donors (Lipinski definition) is 0. The second-order valence-corrected chi connectivity index (χ2v) is 13.0. The molecular formula is C28H37NO2. The standard InChI is InChI=1S/C28H37NO2/c1-25(2)10-11-26(3)8-7-19-24(20(26)15-25)22(31)13-23-27(19,4)9-6-18-12-21(30)17(16-29)14-28(18,23)5/h13-14,18-20,24H,6-12,15H2,1-5H3. The average Bonchev–Trinajstić information content (AvgIpc) is 2.70. The second-order valence-electron chi connectivity index (χ2n) is 13.0. The van der Waals surface area contributed by atoms with Gasteiger partial charge in [-0.25, -0.2) is 0 Å². The van der Waals surface area contributed by atoms with Gasteiger partial charge in [-0.2, -0.15) is 5.26 Å². The monoisotopic (exact) mass is 419 g/mol. The van der Waals surface area contributed by atoms with Crippen LogP contribution in [0, 0.1) is 56.7 Å². The molecule has 5 rings (SSSR count). The maximum absolute atomic E-state index is 13.8. The first-order chi connectivity index (χ1) is 14.4. The largest absolute Gasteiger partial charge is 0.295 e. The number of ketones is 2. The molecule has 3 fully saturated rings. The minimum atomic E-state index is -0.348. The SMILES string of the molecule is CC1(C)CCC2(C)CCC3C(C(=O)C=C4C5(C)C=C(C#N)C(=O)CC5CCC43C)C2C1. The normalized spacial score (nSPS) is 48.3. The van der Waals surface area contributed by atoms with E-state index in [4.69, 9.17) is 0 Å². The van der Waals surface area contributed by atoms with Crippen LogP contribution in [0.15, 0.2) is 23.3 Å². The predicted molar refractivity (Wildman–Crippen MR) is 121 cm³/mol. The van der Waals surface area contributed by atoms with Crippen molar-refractivity contribution >= 4 is 11.6 Å². The molecular weight excluding hydrogens is 382 g/mol. The Morgan fingerprint density at radius 2 is 1.71 bits per heavy atom. The third-order valence-electron chi connectivity index (χ3n) is 10.7. The Kier molecular flexibility index (Phi) is 4.39. The van der Waals surface area contributed by atoms with Crippen LogP contribution in [0.4, 0.5) is 0 Å². The topological polar surface area (TPSA) is 57.9 Å². The fraction of sp³-hybridized carbons (Fsp3) is 0.750. The number of nitriles is 1. The van der Waals surface area contributed by atoms with Gasteiger partial charge in [0.1, 0.15) is 6.07 Å². The van der Waals surface area contributed by atoms with Crippen molar-refractivity contribution in [2.24, 2.45) is 45.3 Å². The van der Waals surface area contributed by atoms with Gasteiger partial charge in [0.2, 0.25) is 0 Å². The Morgan fingerprint density at radius 3 is 2.42 bits per heavy atom. The summed E-state index contributed by atoms with van der Waals surface area (Å²) >= 11 is 0. The lowest BCUT2D eigenvalue weighted by molar-refractivity contribution is -0.143. The van der Waals surface area contributed by atoms with Gasteiger partial charge in [-0.3, -0.25) is 9.59 Å². The number of Topliss-reactive ketones (excluding diaryl/α,β-unsaturated/α-hetero) is 1. The van der Waals surface area contributed by atoms with E-state index in [1.807, 2.05) is 12.2 Å². The van der Waals surface area contributed by atoms with Crippen molar-refractivity contribution in [3.8, 4) is 6.07 Å². The summed E-state index contributed by atoms with van der Waals surface area (Å²) in [5.41, 5.74) is 1.77. The maximum Gasteiger partial charge on any atom is 0.173 e. The van der Waals surface area contributed by atoms with Crippen molar-refractivity contribution < 1.29 is 9.59 Å². The highest BCUT2D eigenvalue weighted by Gasteiger charge is 2.62. The molecule has 0 saturated heterocycles. The number of allylic oxidation sites excluding steroid dienone is 4. The second kappa shape index (κ2) is 6.43. The van der Waals surface area contributed by atoms with E-state index in [1.54, 1.807) is 0 Å². The molecule has 0 aliphatic heterocycles. The highest BCUT2D eigenvalue weighted by molar-refractivity contribution is 6.01. The first-order valence-electron chi connectivity index (χ1n) is 12.4. The van der Waals surface area contributed by atoms with Crippen LogP contribution in [0.2, 0.25) is 0 Å². The molecule has 0 amide bonds. The van der Waals surface area contributed by atoms with Crippen molar-refractivity contribution in [2.75, 3.05) is 0 Å². The minimum absolute atomic E-state index is 0.00972. The fourth-order valence-corrected chi connectivity index (χ4v) is 8.69. The van der Waals surface area contributed by atoms with Crippen LogP contribution in [0.3, 0.4) is 0 Å². The molecule has 166 valence electrons. The molecule has 0 aromatic carbocycles. The van der Waals surface area contributed by atoms with Gasteiger partial charge in [0, 0.05) is 17.8 Å². The lowest BCUT2D eigenvalue weighted by Crippen LogP contribution is -2.58. The Hall–Kier alpha value is -1.69. The average molecular weight is 420 g/mol. The minimum Gasteiger partial charge on any atom is -0.295 e. The van der Waals surface area contributed by atoms with Gasteiger partial charge in [0.25, 0.3) is 0 Å². The zero-order chi connectivity index (χ0) is 22.4. The lowest BCUT2D eigenvalue weighted by atomic mass is 9.40. The van der Waals surface area contributed by atoms with Gasteiger partial charge in [-0.1, -0.05) is 46.3 Å². The Morgan fingerprint density at radius 1 is 0.968 bits per heavy atom. The summed E-state index contributed by atoms with van der Waals surface area (Å²) in [5, 5.41) is 9.55. The van der Waals surface area contributed by atoms with Crippen LogP contribution >= 0.6 is 0 Å². The van der Waals surface area contributed by atoms with Crippen molar-refractivity contribution in [2.45, 2.75) is 86.0 Å². The lowest BCUT2D eigenvalue weighted by Gasteiger charge is -2.63. The van der Waals surface area contributed by atoms with Crippen LogP contribution < -0.4 is 0 Å². The van der Waals surface area contributed by atoms with Crippen molar-refractivity contribution in [3.05, 3.63) is 23.3 Å². The molecule has 3 saturated carbocycles. The molecule has 0 heterocycles. The number of rotatable bonds is 0. The maximum atomic E-state index is 13.8. The Labute approximate surface area is 187 Å². The van der Waals surface area contributed by atoms with E-state index in [9.17, 15) is 14.9 Å². The van der Waals surface area contributed by atoms with Gasteiger partial charge < -0.3 is 0 Å². The molecule has 3 heteroatoms. The first kappa shape index (κ1) is 21.2. The molecule has 7 atom stereocenters. The number of fused-ring (bicyclic) bond motifs is 7. The van der Waals surface area contributed by atoms with Crippen molar-refractivity contribution in [1.29, 1.82) is 5.26 Å². The first-order valence-corrected chi connectivity index (χ1v) is 12.4. The van der Waals surface area contributed by atoms with Gasteiger partial charge in [-0.05, 0) is 85.0 Å². The van der Waals surface area contributed by atoms with Crippen molar-refractivity contribution in [3.63, 3.8) is 0 Å². The zero-order valence-corrected chi connectivity index (χ0v) is 19.9. The van der Waals surface area contributed by atoms with Crippen LogP contribution in [-0.2, 0) is 9.59 Å². The summed E-state index contributed by atoms with van der Waals surface area (Å²) in [6.45, 7) is 11.8. The van der Waals surface area contributed by atoms with Crippen LogP contribution in [0.1, 0.15) is 86.0 Å². The summed E-state index contributed by atoms with van der Waals surface area (Å²) in [5.74, 6) is 1.52. The zero-order valence-electron chi connectivity index (χ0n) is 19.9. The number of nitrogens with zero attached hydrogens (tertiary/aromatic N) is 1. The van der Waals surface area contributed by atoms with E-state index in [2.05, 4.69) is 40.7 Å². The van der Waals surface area contributed by atoms with E-state index in [0.717, 1.165) is 25.7 Å². The smallest absolute Gasteiger partial charge is 0.173 e. The summed E-state index contributed by atoms with van der Waals surface area (Å²) in [6.07, 6.45) is 12.5. The van der Waals surface area contributed by atoms with Gasteiger partial charge in [-0.15, -0.1) is 0 Å². The molecule has 7 unspecified atom stereocenters. The van der Waals surface area contributed by atoms with Gasteiger partial charge in [0.05, 0.1) is 5.57 Å². The molecule has 5 aliphatic carbocycles. The fourth-order valence-electron chi connectivity index (χ4n) is 8.69. The van der Waals surface area contributed by atoms with E-state index in [0.29, 0.717) is 40.4 Å². The summed E-state index contributed by atoms with van der Waals surface area (Å²) < 4.78 is 0. The molecule has 0 aromatic heterocycles. The quantitative estimate of drug-likeness (QED) is 0.470. The van der Waals surface area contributed by atoms with E-state index >= 15 is 0 Å². The van der Waals surface area contributed by atoms with Crippen molar-refractivity contribution in [1.82, 2.24) is 0 Å². The number of carbonyl (C=O) groups excluding carboxylic acids is 2. The number of carbonyl (C=O) groups is 2. The Bertz CT molecular complexity index is 964. The summed E-state index contributed by atoms with van der Waals surface area (Å²) in [7, 11) is 0. The predicted octanol–water partition coefficient (Wildman–Crippen LogP) is 6.20. The van der Waals surface area contributed by atoms with Crippen LogP contribution in [-0.4, -0.2) is 11.6 Å². The molecule has 0 N–H and O–H groups in total. The molecule has 31 heavy (non-hydrogen) atoms. The highest BCUT2D eigenvalue weighted by Crippen LogP contribution is 2.68. The summed E-state index contributed by atoms with van der Waals surface area (Å²) in [4.78, 5) is 26.3. The number of hydrogen-bond acceptors (Lipinski definition) is 3. The summed E-state index contributed by atoms with van der Waals surface area (Å²) in [6, 6.07) is 2.14. The Balaban J connectivity index is 1.62. The molecule has 0 spiro atoms. The van der Waals surface area contributed by atoms with E-state index < -0.39 is 0 Å². The van der Waals surface area contributed by atoms with E-state index in [-0.39, 0.29) is 28.4 Å². The van der Waals surface area contributed by atoms with Gasteiger partial charge in [0.15, 0.2) is 11.6 Å². The molecule has 3 nitrogen and oxygen atoms in total. The molecule has 0 bridgehead atoms.